The maximum Gasteiger partial charge on any atom is 3.00 e. The minimum absolute atomic E-state index is 0. The van der Waals surface area contributed by atoms with E-state index in [0.717, 1.165) is 33.5 Å². The molecule has 34 heavy (non-hydrogen) atoms. The Morgan fingerprint density at radius 3 is 2.41 bits per heavy atom. The third-order valence-electron chi connectivity index (χ3n) is 5.66. The second-order valence-electron chi connectivity index (χ2n) is 8.14. The van der Waals surface area contributed by atoms with Crippen LogP contribution in [0.4, 0.5) is 0 Å². The summed E-state index contributed by atoms with van der Waals surface area (Å²) in [6, 6.07) is 24.0. The predicted molar refractivity (Wildman–Crippen MR) is 131 cm³/mol. The Hall–Kier alpha value is -3.15. The van der Waals surface area contributed by atoms with Gasteiger partial charge in [0.1, 0.15) is 11.4 Å². The number of benzene rings is 3. The van der Waals surface area contributed by atoms with E-state index in [1.807, 2.05) is 62.4 Å². The Bertz CT molecular complexity index is 1370. The van der Waals surface area contributed by atoms with Crippen molar-refractivity contribution in [3.8, 4) is 5.75 Å². The first-order chi connectivity index (χ1) is 16.0. The minimum Gasteiger partial charge on any atom is -0.508 e. The molecule has 1 amide bonds. The number of phenolic OH excluding ortho intramolecular Hbond substituents is 1. The van der Waals surface area contributed by atoms with Crippen LogP contribution in [0.5, 0.6) is 5.75 Å². The van der Waals surface area contributed by atoms with Gasteiger partial charge in [0.2, 0.25) is 0 Å². The molecule has 0 aromatic heterocycles. The zero-order chi connectivity index (χ0) is 22.9. The van der Waals surface area contributed by atoms with Crippen molar-refractivity contribution in [1.82, 2.24) is 4.90 Å². The van der Waals surface area contributed by atoms with Gasteiger partial charge in [-0.05, 0) is 29.8 Å². The molecule has 3 aromatic carbocycles. The van der Waals surface area contributed by atoms with Crippen LogP contribution in [-0.4, -0.2) is 27.5 Å². The summed E-state index contributed by atoms with van der Waals surface area (Å²) >= 11 is 0. The largest absolute Gasteiger partial charge is 3.00 e. The molecular weight excluding hydrogens is 499 g/mol. The minimum atomic E-state index is -0.193. The first-order valence-electron chi connectivity index (χ1n) is 10.7. The van der Waals surface area contributed by atoms with Crippen LogP contribution in [0.3, 0.4) is 0 Å². The molecule has 2 aliphatic heterocycles. The second kappa shape index (κ2) is 10.0. The summed E-state index contributed by atoms with van der Waals surface area (Å²) in [5.41, 5.74) is 6.57. The fraction of sp³-hybridized carbons (Fsp3) is 0.107. The smallest absolute Gasteiger partial charge is 0.508 e. The van der Waals surface area contributed by atoms with Crippen LogP contribution in [0, 0.1) is 19.9 Å². The Labute approximate surface area is 224 Å². The average molecular weight is 521 g/mol. The number of hydrogen-bond acceptors (Lipinski definition) is 4. The number of carbonyl (C=O) groups excluding carboxylic acids is 1. The Morgan fingerprint density at radius 2 is 1.71 bits per heavy atom. The molecule has 0 unspecified atom stereocenters. The first kappa shape index (κ1) is 24.0. The van der Waals surface area contributed by atoms with Gasteiger partial charge >= 0.3 is 32.7 Å². The van der Waals surface area contributed by atoms with Crippen molar-refractivity contribution >= 4 is 29.2 Å². The number of aryl methyl sites for hydroxylation is 2. The average Bonchev–Trinajstić information content (AvgIpc) is 3.12. The Balaban J connectivity index is 0.00000274. The fourth-order valence-corrected chi connectivity index (χ4v) is 3.93. The summed E-state index contributed by atoms with van der Waals surface area (Å²) in [4.78, 5) is 24.5. The molecule has 0 fully saturated rings. The van der Waals surface area contributed by atoms with Gasteiger partial charge < -0.3 is 5.11 Å². The van der Waals surface area contributed by atoms with Gasteiger partial charge in [0, 0.05) is 18.2 Å². The Kier molecular flexibility index (Phi) is 7.06. The zero-order valence-electron chi connectivity index (χ0n) is 19.0. The number of amidine groups is 1. The van der Waals surface area contributed by atoms with Crippen molar-refractivity contribution in [2.24, 2.45) is 9.98 Å². The molecule has 1 N–H and O–H groups in total. The quantitative estimate of drug-likeness (QED) is 0.384. The van der Waals surface area contributed by atoms with Gasteiger partial charge in [-0.2, -0.15) is 29.3 Å². The number of aromatic hydroxyl groups is 1. The fourth-order valence-electron chi connectivity index (χ4n) is 3.93. The van der Waals surface area contributed by atoms with Gasteiger partial charge in [-0.1, -0.05) is 50.3 Å². The molecule has 0 bridgehead atoms. The van der Waals surface area contributed by atoms with Crippen molar-refractivity contribution < 1.29 is 42.6 Å². The molecule has 0 saturated carbocycles. The summed E-state index contributed by atoms with van der Waals surface area (Å²) in [6.07, 6.45) is 4.08. The number of carbonyl (C=O) groups is 1. The number of hydrogen-bond donors (Lipinski definition) is 1. The third-order valence-corrected chi connectivity index (χ3v) is 5.66. The zero-order valence-corrected chi connectivity index (χ0v) is 21.8. The number of fused-ring (bicyclic) bond motifs is 1. The van der Waals surface area contributed by atoms with Gasteiger partial charge in [0.05, 0.1) is 11.4 Å². The maximum atomic E-state index is 13.3. The first-order valence-corrected chi connectivity index (χ1v) is 10.7. The van der Waals surface area contributed by atoms with Crippen LogP contribution < -0.4 is 0 Å². The van der Waals surface area contributed by atoms with Gasteiger partial charge in [-0.15, -0.1) is 5.56 Å². The molecule has 0 saturated heterocycles. The molecule has 2 aliphatic rings. The number of amides is 1. The molecule has 0 aliphatic carbocycles. The van der Waals surface area contributed by atoms with E-state index in [4.69, 9.17) is 9.98 Å². The third kappa shape index (κ3) is 4.86. The molecule has 162 valence electrons. The van der Waals surface area contributed by atoms with E-state index in [-0.39, 0.29) is 44.4 Å². The number of aliphatic imine (C=N–C) groups is 2. The topological polar surface area (TPSA) is 65.3 Å². The summed E-state index contributed by atoms with van der Waals surface area (Å²) in [5, 5.41) is 9.66. The summed E-state index contributed by atoms with van der Waals surface area (Å²) < 4.78 is 0. The van der Waals surface area contributed by atoms with E-state index < -0.39 is 0 Å². The molecule has 6 heteroatoms. The molecule has 3 aromatic rings. The summed E-state index contributed by atoms with van der Waals surface area (Å²) in [7, 11) is 0. The molecular formula is C28H22N3O2Y+2. The Morgan fingerprint density at radius 1 is 0.971 bits per heavy atom. The van der Waals surface area contributed by atoms with Gasteiger partial charge in [-0.25, -0.2) is 9.98 Å². The van der Waals surface area contributed by atoms with Crippen molar-refractivity contribution in [3.63, 3.8) is 0 Å². The molecule has 0 atom stereocenters. The molecule has 0 spiro atoms. The van der Waals surface area contributed by atoms with Crippen molar-refractivity contribution in [2.75, 3.05) is 0 Å². The molecule has 2 heterocycles. The second-order valence-corrected chi connectivity index (χ2v) is 8.14. The van der Waals surface area contributed by atoms with E-state index >= 15 is 0 Å². The summed E-state index contributed by atoms with van der Waals surface area (Å²) in [5.74, 6) is 0.534. The van der Waals surface area contributed by atoms with Crippen molar-refractivity contribution in [3.05, 3.63) is 113 Å². The number of nitrogens with zero attached hydrogens (tertiary/aromatic N) is 3. The standard InChI is InChI=1S/C28H22N3O2.Y/c1-18-8-9-22(19(2)14-18)16-25-28(33)31-17-26(21-10-12-23(32)13-11-21)29-24(27(31)30-25)15-20-6-4-3-5-7-20;/h3-13,16-17,32H,15H2,1-2H3;/q-1;+3/b25-16+;. The SMILES string of the molecule is Cc1[c-]c(C)c(/C=C2/N=C3C(Cc4ccccc4)=NC(c4ccc(O)cc4)=CN3C2=O)cc1.[Y+3]. The van der Waals surface area contributed by atoms with Crippen LogP contribution in [0.15, 0.2) is 88.6 Å². The van der Waals surface area contributed by atoms with Gasteiger partial charge in [0.15, 0.2) is 5.84 Å². The molecule has 0 radical (unpaired) electrons. The van der Waals surface area contributed by atoms with Gasteiger partial charge in [-0.3, -0.25) is 9.69 Å². The van der Waals surface area contributed by atoms with E-state index in [2.05, 4.69) is 6.07 Å². The monoisotopic (exact) mass is 521 g/mol. The summed E-state index contributed by atoms with van der Waals surface area (Å²) in [6.45, 7) is 3.97. The van der Waals surface area contributed by atoms with Crippen LogP contribution in [0.25, 0.3) is 11.8 Å². The normalized spacial score (nSPS) is 15.9. The van der Waals surface area contributed by atoms with E-state index in [1.54, 1.807) is 35.4 Å². The maximum absolute atomic E-state index is 13.3. The molecule has 5 rings (SSSR count). The van der Waals surface area contributed by atoms with E-state index in [9.17, 15) is 9.90 Å². The van der Waals surface area contributed by atoms with Crippen LogP contribution in [-0.2, 0) is 43.9 Å². The van der Waals surface area contributed by atoms with Crippen LogP contribution in [0.1, 0.15) is 27.8 Å². The number of rotatable bonds is 4. The van der Waals surface area contributed by atoms with Gasteiger partial charge in [0.25, 0.3) is 5.91 Å². The van der Waals surface area contributed by atoms with Crippen LogP contribution in [0.2, 0.25) is 0 Å². The van der Waals surface area contributed by atoms with Crippen molar-refractivity contribution in [1.29, 1.82) is 0 Å². The van der Waals surface area contributed by atoms with E-state index in [0.29, 0.717) is 23.7 Å². The van der Waals surface area contributed by atoms with Crippen molar-refractivity contribution in [2.45, 2.75) is 20.3 Å². The van der Waals surface area contributed by atoms with E-state index in [1.165, 1.54) is 0 Å². The number of phenols is 1. The molecule has 5 nitrogen and oxygen atoms in total. The van der Waals surface area contributed by atoms with Crippen LogP contribution >= 0.6 is 0 Å². The predicted octanol–water partition coefficient (Wildman–Crippen LogP) is 5.08.